The maximum absolute atomic E-state index is 12.0. The Hall–Kier alpha value is -2.23. The molecule has 28 heavy (non-hydrogen) atoms. The summed E-state index contributed by atoms with van der Waals surface area (Å²) in [6.45, 7) is 12.7. The fraction of sp³-hybridized carbons (Fsp3) is 0.542. The molecule has 0 aromatic heterocycles. The minimum atomic E-state index is -1.09. The summed E-state index contributed by atoms with van der Waals surface area (Å²) in [5, 5.41) is 21.0. The maximum Gasteiger partial charge on any atom is 0.339 e. The molecular formula is C24H34O4. The van der Waals surface area contributed by atoms with Gasteiger partial charge in [0.25, 0.3) is 0 Å². The van der Waals surface area contributed by atoms with Crippen LogP contribution in [0.25, 0.3) is 0 Å². The molecule has 154 valence electrons. The van der Waals surface area contributed by atoms with Gasteiger partial charge in [-0.05, 0) is 64.0 Å². The Balaban J connectivity index is 2.67. The van der Waals surface area contributed by atoms with Crippen LogP contribution in [0, 0.1) is 5.92 Å². The highest BCUT2D eigenvalue weighted by Crippen LogP contribution is 2.48. The summed E-state index contributed by atoms with van der Waals surface area (Å²) in [6.07, 6.45) is 7.65. The van der Waals surface area contributed by atoms with E-state index in [0.29, 0.717) is 29.9 Å². The average molecular weight is 387 g/mol. The van der Waals surface area contributed by atoms with Gasteiger partial charge in [-0.25, -0.2) is 4.79 Å². The summed E-state index contributed by atoms with van der Waals surface area (Å²) in [4.78, 5) is 12.0. The van der Waals surface area contributed by atoms with Gasteiger partial charge in [0.2, 0.25) is 0 Å². The number of aryl methyl sites for hydroxylation is 1. The lowest BCUT2D eigenvalue weighted by Gasteiger charge is -2.32. The summed E-state index contributed by atoms with van der Waals surface area (Å²) in [5.74, 6) is -0.612. The van der Waals surface area contributed by atoms with Crippen LogP contribution < -0.4 is 4.74 Å². The van der Waals surface area contributed by atoms with Gasteiger partial charge in [-0.15, -0.1) is 0 Å². The largest absolute Gasteiger partial charge is 0.507 e. The number of hydrogen-bond donors (Lipinski definition) is 2. The van der Waals surface area contributed by atoms with Crippen LogP contribution in [0.4, 0.5) is 0 Å². The lowest BCUT2D eigenvalue weighted by Crippen LogP contribution is -2.19. The Bertz CT molecular complexity index is 760. The molecular weight excluding hydrogens is 352 g/mol. The van der Waals surface area contributed by atoms with Crippen LogP contribution in [0.2, 0.25) is 0 Å². The fourth-order valence-corrected chi connectivity index (χ4v) is 4.22. The molecule has 4 nitrogen and oxygen atoms in total. The molecule has 0 fully saturated rings. The zero-order valence-electron chi connectivity index (χ0n) is 17.7. The zero-order chi connectivity index (χ0) is 20.8. The average Bonchev–Trinajstić information content (AvgIpc) is 2.61. The van der Waals surface area contributed by atoms with Crippen molar-refractivity contribution in [3.05, 3.63) is 46.6 Å². The van der Waals surface area contributed by atoms with Crippen molar-refractivity contribution in [2.24, 2.45) is 5.92 Å². The Morgan fingerprint density at radius 1 is 1.32 bits per heavy atom. The zero-order valence-corrected chi connectivity index (χ0v) is 17.7. The lowest BCUT2D eigenvalue weighted by molar-refractivity contribution is 0.0692. The molecule has 1 aromatic carbocycles. The summed E-state index contributed by atoms with van der Waals surface area (Å²) in [5.41, 5.74) is 3.54. The molecule has 0 amide bonds. The van der Waals surface area contributed by atoms with Crippen LogP contribution in [-0.2, 0) is 6.42 Å². The molecule has 2 unspecified atom stereocenters. The van der Waals surface area contributed by atoms with Gasteiger partial charge in [-0.2, -0.15) is 0 Å². The van der Waals surface area contributed by atoms with E-state index in [1.165, 1.54) is 5.57 Å². The van der Waals surface area contributed by atoms with E-state index in [1.54, 1.807) is 0 Å². The monoisotopic (exact) mass is 386 g/mol. The van der Waals surface area contributed by atoms with Crippen molar-refractivity contribution >= 4 is 5.97 Å². The third kappa shape index (κ3) is 4.78. The Morgan fingerprint density at radius 3 is 2.61 bits per heavy atom. The van der Waals surface area contributed by atoms with Crippen LogP contribution in [0.3, 0.4) is 0 Å². The summed E-state index contributed by atoms with van der Waals surface area (Å²) in [7, 11) is 0. The Labute approximate surface area is 168 Å². The highest BCUT2D eigenvalue weighted by atomic mass is 16.5. The van der Waals surface area contributed by atoms with Crippen LogP contribution in [-0.4, -0.2) is 22.8 Å². The molecule has 2 rings (SSSR count). The maximum atomic E-state index is 12.0. The summed E-state index contributed by atoms with van der Waals surface area (Å²) in [6, 6.07) is 1.84. The topological polar surface area (TPSA) is 66.8 Å². The third-order valence-corrected chi connectivity index (χ3v) is 5.66. The Morgan fingerprint density at radius 2 is 2.04 bits per heavy atom. The number of aromatic carboxylic acids is 1. The molecule has 4 heteroatoms. The van der Waals surface area contributed by atoms with Gasteiger partial charge in [0.1, 0.15) is 17.1 Å². The highest BCUT2D eigenvalue weighted by Gasteiger charge is 2.33. The van der Waals surface area contributed by atoms with Gasteiger partial charge < -0.3 is 14.9 Å². The number of rotatable bonds is 9. The number of allylic oxidation sites excluding steroid dienone is 3. The van der Waals surface area contributed by atoms with Gasteiger partial charge in [-0.3, -0.25) is 0 Å². The number of carbonyl (C=O) groups is 1. The van der Waals surface area contributed by atoms with E-state index in [0.717, 1.165) is 37.7 Å². The number of phenols is 1. The molecule has 0 radical (unpaired) electrons. The van der Waals surface area contributed by atoms with Gasteiger partial charge >= 0.3 is 5.97 Å². The van der Waals surface area contributed by atoms with E-state index in [1.807, 2.05) is 19.9 Å². The molecule has 0 saturated carbocycles. The van der Waals surface area contributed by atoms with Gasteiger partial charge in [0, 0.05) is 11.5 Å². The van der Waals surface area contributed by atoms with Crippen molar-refractivity contribution in [3.63, 3.8) is 0 Å². The van der Waals surface area contributed by atoms with Gasteiger partial charge in [-0.1, -0.05) is 43.6 Å². The first-order chi connectivity index (χ1) is 13.3. The van der Waals surface area contributed by atoms with Gasteiger partial charge in [0.05, 0.1) is 6.61 Å². The quantitative estimate of drug-likeness (QED) is 0.389. The van der Waals surface area contributed by atoms with Crippen LogP contribution in [0.5, 0.6) is 11.5 Å². The van der Waals surface area contributed by atoms with Crippen molar-refractivity contribution in [2.75, 3.05) is 6.61 Å². The number of carboxylic acid groups (broad SMARTS) is 1. The van der Waals surface area contributed by atoms with E-state index in [4.69, 9.17) is 4.74 Å². The summed E-state index contributed by atoms with van der Waals surface area (Å²) >= 11 is 0. The lowest BCUT2D eigenvalue weighted by atomic mass is 9.73. The second-order valence-corrected chi connectivity index (χ2v) is 7.90. The van der Waals surface area contributed by atoms with E-state index >= 15 is 0 Å². The predicted molar refractivity (Wildman–Crippen MR) is 114 cm³/mol. The Kier molecular flexibility index (Phi) is 7.73. The number of ether oxygens (including phenoxy) is 1. The molecule has 2 N–H and O–H groups in total. The van der Waals surface area contributed by atoms with E-state index < -0.39 is 5.97 Å². The highest BCUT2D eigenvalue weighted by molar-refractivity contribution is 5.94. The molecule has 1 aromatic rings. The molecule has 0 bridgehead atoms. The molecule has 0 saturated heterocycles. The van der Waals surface area contributed by atoms with E-state index in [2.05, 4.69) is 26.5 Å². The van der Waals surface area contributed by atoms with Gasteiger partial charge in [0.15, 0.2) is 0 Å². The van der Waals surface area contributed by atoms with E-state index in [-0.39, 0.29) is 23.1 Å². The molecule has 0 spiro atoms. The first-order valence-electron chi connectivity index (χ1n) is 10.4. The van der Waals surface area contributed by atoms with Crippen LogP contribution in [0.15, 0.2) is 29.9 Å². The first-order valence-corrected chi connectivity index (χ1v) is 10.4. The minimum Gasteiger partial charge on any atom is -0.507 e. The number of benzene rings is 1. The predicted octanol–water partition coefficient (Wildman–Crippen LogP) is 6.24. The summed E-state index contributed by atoms with van der Waals surface area (Å²) < 4.78 is 5.90. The standard InChI is InChI=1S/C24H34O4/c1-6-8-9-10-17-14-20(28-7-2)22(23(25)21(17)24(26)27)19-13-16(5)11-12-18(19)15(3)4/h13-14,18-19,25H,3,6-12H2,1-2,4-5H3,(H,26,27). The fourth-order valence-electron chi connectivity index (χ4n) is 4.22. The van der Waals surface area contributed by atoms with Crippen LogP contribution >= 0.6 is 0 Å². The number of hydrogen-bond acceptors (Lipinski definition) is 3. The van der Waals surface area contributed by atoms with Crippen molar-refractivity contribution in [2.45, 2.75) is 72.1 Å². The normalized spacial score (nSPS) is 19.2. The second kappa shape index (κ2) is 9.81. The van der Waals surface area contributed by atoms with Crippen molar-refractivity contribution in [1.29, 1.82) is 0 Å². The number of unbranched alkanes of at least 4 members (excludes halogenated alkanes) is 2. The molecule has 2 atom stereocenters. The smallest absolute Gasteiger partial charge is 0.339 e. The molecule has 1 aliphatic carbocycles. The van der Waals surface area contributed by atoms with Crippen molar-refractivity contribution in [3.8, 4) is 11.5 Å². The van der Waals surface area contributed by atoms with Crippen molar-refractivity contribution < 1.29 is 19.7 Å². The molecule has 0 aliphatic heterocycles. The molecule has 1 aliphatic rings. The van der Waals surface area contributed by atoms with E-state index in [9.17, 15) is 15.0 Å². The number of carboxylic acids is 1. The second-order valence-electron chi connectivity index (χ2n) is 7.90. The first kappa shape index (κ1) is 22.1. The molecule has 0 heterocycles. The number of aromatic hydroxyl groups is 1. The minimum absolute atomic E-state index is 0.0200. The third-order valence-electron chi connectivity index (χ3n) is 5.66. The van der Waals surface area contributed by atoms with Crippen molar-refractivity contribution in [1.82, 2.24) is 0 Å². The van der Waals surface area contributed by atoms with Crippen LogP contribution in [0.1, 0.15) is 87.2 Å². The SMILES string of the molecule is C=C(C)C1CCC(C)=CC1c1c(OCC)cc(CCCCC)c(C(=O)O)c1O.